The maximum atomic E-state index is 5.90. The molecule has 0 unspecified atom stereocenters. The van der Waals surface area contributed by atoms with E-state index >= 15 is 0 Å². The summed E-state index contributed by atoms with van der Waals surface area (Å²) in [6.07, 6.45) is 1.70. The number of rotatable bonds is 3. The van der Waals surface area contributed by atoms with Gasteiger partial charge in [0.05, 0.1) is 5.75 Å². The van der Waals surface area contributed by atoms with Crippen LogP contribution in [0.3, 0.4) is 0 Å². The van der Waals surface area contributed by atoms with Crippen LogP contribution in [0.5, 0.6) is 0 Å². The van der Waals surface area contributed by atoms with Crippen LogP contribution in [0.15, 0.2) is 29.4 Å². The van der Waals surface area contributed by atoms with Crippen molar-refractivity contribution in [2.75, 3.05) is 5.73 Å². The second-order valence-corrected chi connectivity index (χ2v) is 4.71. The molecule has 84 valence electrons. The monoisotopic (exact) mass is 234 g/mol. The molecule has 2 rings (SSSR count). The van der Waals surface area contributed by atoms with E-state index in [1.165, 1.54) is 5.56 Å². The van der Waals surface area contributed by atoms with Gasteiger partial charge in [0.15, 0.2) is 0 Å². The summed E-state index contributed by atoms with van der Waals surface area (Å²) in [6, 6.07) is 6.05. The minimum absolute atomic E-state index is 0.782. The molecule has 0 aliphatic heterocycles. The summed E-state index contributed by atoms with van der Waals surface area (Å²) in [5.74, 6) is 1.73. The fourth-order valence-electron chi connectivity index (χ4n) is 1.35. The highest BCUT2D eigenvalue weighted by molar-refractivity contribution is 7.98. The topological polar surface area (TPSA) is 56.7 Å². The highest BCUT2D eigenvalue weighted by Crippen LogP contribution is 2.28. The first-order valence-electron chi connectivity index (χ1n) is 4.98. The number of aryl methyl sites for hydroxylation is 2. The van der Waals surface area contributed by atoms with Gasteiger partial charge < -0.3 is 10.3 Å². The lowest BCUT2D eigenvalue weighted by molar-refractivity contribution is 0.849. The third-order valence-electron chi connectivity index (χ3n) is 2.33. The molecule has 0 saturated heterocycles. The SMILES string of the molecule is Cc1ccc(N)c(SCc2nncn2C)c1. The Kier molecular flexibility index (Phi) is 3.14. The Hall–Kier alpha value is -1.49. The lowest BCUT2D eigenvalue weighted by Gasteiger charge is -2.05. The van der Waals surface area contributed by atoms with Gasteiger partial charge in [0.1, 0.15) is 12.2 Å². The molecule has 0 spiro atoms. The van der Waals surface area contributed by atoms with Gasteiger partial charge >= 0.3 is 0 Å². The van der Waals surface area contributed by atoms with E-state index in [-0.39, 0.29) is 0 Å². The number of thioether (sulfide) groups is 1. The van der Waals surface area contributed by atoms with Gasteiger partial charge in [-0.1, -0.05) is 6.07 Å². The van der Waals surface area contributed by atoms with Gasteiger partial charge in [-0.3, -0.25) is 0 Å². The number of anilines is 1. The highest BCUT2D eigenvalue weighted by Gasteiger charge is 2.04. The quantitative estimate of drug-likeness (QED) is 0.652. The molecule has 0 fully saturated rings. The number of nitrogen functional groups attached to an aromatic ring is 1. The summed E-state index contributed by atoms with van der Waals surface area (Å²) in [6.45, 7) is 2.06. The molecule has 1 aromatic heterocycles. The number of nitrogens with two attached hydrogens (primary N) is 1. The zero-order valence-electron chi connectivity index (χ0n) is 9.34. The van der Waals surface area contributed by atoms with Crippen molar-refractivity contribution >= 4 is 17.4 Å². The molecular weight excluding hydrogens is 220 g/mol. The van der Waals surface area contributed by atoms with Crippen LogP contribution in [-0.2, 0) is 12.8 Å². The van der Waals surface area contributed by atoms with Gasteiger partial charge in [0.25, 0.3) is 0 Å². The first-order valence-corrected chi connectivity index (χ1v) is 5.97. The second kappa shape index (κ2) is 4.57. The molecule has 0 aliphatic rings. The van der Waals surface area contributed by atoms with Crippen LogP contribution in [0.2, 0.25) is 0 Å². The summed E-state index contributed by atoms with van der Waals surface area (Å²) in [7, 11) is 1.94. The molecule has 1 aromatic carbocycles. The molecule has 0 amide bonds. The molecule has 1 heterocycles. The molecule has 0 aliphatic carbocycles. The standard InChI is InChI=1S/C11H14N4S/c1-8-3-4-9(12)10(5-8)16-6-11-14-13-7-15(11)2/h3-5,7H,6,12H2,1-2H3. The number of hydrogen-bond acceptors (Lipinski definition) is 4. The molecule has 0 saturated carbocycles. The highest BCUT2D eigenvalue weighted by atomic mass is 32.2. The van der Waals surface area contributed by atoms with Crippen molar-refractivity contribution < 1.29 is 0 Å². The van der Waals surface area contributed by atoms with Crippen molar-refractivity contribution in [2.45, 2.75) is 17.6 Å². The van der Waals surface area contributed by atoms with E-state index in [9.17, 15) is 0 Å². The first kappa shape index (κ1) is 11.0. The third-order valence-corrected chi connectivity index (χ3v) is 3.40. The Bertz CT molecular complexity index is 492. The van der Waals surface area contributed by atoms with Gasteiger partial charge in [-0.05, 0) is 24.6 Å². The molecule has 2 N–H and O–H groups in total. The Morgan fingerprint density at radius 3 is 2.94 bits per heavy atom. The fourth-order valence-corrected chi connectivity index (χ4v) is 2.40. The van der Waals surface area contributed by atoms with Crippen molar-refractivity contribution in [3.63, 3.8) is 0 Å². The van der Waals surface area contributed by atoms with Crippen molar-refractivity contribution in [2.24, 2.45) is 7.05 Å². The maximum absolute atomic E-state index is 5.90. The zero-order valence-corrected chi connectivity index (χ0v) is 10.2. The van der Waals surface area contributed by atoms with E-state index in [1.807, 2.05) is 23.7 Å². The largest absolute Gasteiger partial charge is 0.398 e. The summed E-state index contributed by atoms with van der Waals surface area (Å²) < 4.78 is 1.92. The summed E-state index contributed by atoms with van der Waals surface area (Å²) in [4.78, 5) is 1.10. The Morgan fingerprint density at radius 2 is 2.25 bits per heavy atom. The average molecular weight is 234 g/mol. The zero-order chi connectivity index (χ0) is 11.5. The van der Waals surface area contributed by atoms with Gasteiger partial charge in [-0.2, -0.15) is 0 Å². The van der Waals surface area contributed by atoms with Crippen LogP contribution < -0.4 is 5.73 Å². The summed E-state index contributed by atoms with van der Waals surface area (Å²) in [5.41, 5.74) is 7.94. The second-order valence-electron chi connectivity index (χ2n) is 3.69. The van der Waals surface area contributed by atoms with E-state index in [4.69, 9.17) is 5.73 Å². The molecule has 0 radical (unpaired) electrons. The van der Waals surface area contributed by atoms with E-state index in [0.29, 0.717) is 0 Å². The van der Waals surface area contributed by atoms with Crippen molar-refractivity contribution in [3.8, 4) is 0 Å². The van der Waals surface area contributed by atoms with Gasteiger partial charge in [-0.15, -0.1) is 22.0 Å². The van der Waals surface area contributed by atoms with E-state index < -0.39 is 0 Å². The minimum Gasteiger partial charge on any atom is -0.398 e. The van der Waals surface area contributed by atoms with E-state index in [0.717, 1.165) is 22.2 Å². The summed E-state index contributed by atoms with van der Waals surface area (Å²) >= 11 is 1.68. The number of nitrogens with zero attached hydrogens (tertiary/aromatic N) is 3. The van der Waals surface area contributed by atoms with Gasteiger partial charge in [-0.25, -0.2) is 0 Å². The van der Waals surface area contributed by atoms with E-state index in [1.54, 1.807) is 18.1 Å². The number of aromatic nitrogens is 3. The Morgan fingerprint density at radius 1 is 1.44 bits per heavy atom. The number of benzene rings is 1. The lowest BCUT2D eigenvalue weighted by Crippen LogP contribution is -1.95. The van der Waals surface area contributed by atoms with Crippen molar-refractivity contribution in [3.05, 3.63) is 35.9 Å². The molecule has 16 heavy (non-hydrogen) atoms. The molecular formula is C11H14N4S. The molecule has 0 bridgehead atoms. The van der Waals surface area contributed by atoms with Gasteiger partial charge in [0, 0.05) is 17.6 Å². The fraction of sp³-hybridized carbons (Fsp3) is 0.273. The van der Waals surface area contributed by atoms with Crippen molar-refractivity contribution in [1.29, 1.82) is 0 Å². The normalized spacial score (nSPS) is 10.6. The smallest absolute Gasteiger partial charge is 0.142 e. The first-order chi connectivity index (χ1) is 7.66. The van der Waals surface area contributed by atoms with E-state index in [2.05, 4.69) is 23.2 Å². The van der Waals surface area contributed by atoms with Crippen LogP contribution in [0.1, 0.15) is 11.4 Å². The average Bonchev–Trinajstić information content (AvgIpc) is 2.66. The van der Waals surface area contributed by atoms with Crippen molar-refractivity contribution in [1.82, 2.24) is 14.8 Å². The van der Waals surface area contributed by atoms with Crippen LogP contribution >= 0.6 is 11.8 Å². The Labute approximate surface area is 98.9 Å². The molecule has 0 atom stereocenters. The molecule has 2 aromatic rings. The van der Waals surface area contributed by atoms with Crippen LogP contribution in [-0.4, -0.2) is 14.8 Å². The van der Waals surface area contributed by atoms with Crippen LogP contribution in [0.25, 0.3) is 0 Å². The van der Waals surface area contributed by atoms with Gasteiger partial charge in [0.2, 0.25) is 0 Å². The summed E-state index contributed by atoms with van der Waals surface area (Å²) in [5, 5.41) is 7.88. The number of hydrogen-bond donors (Lipinski definition) is 1. The Balaban J connectivity index is 2.10. The lowest BCUT2D eigenvalue weighted by atomic mass is 10.2. The minimum atomic E-state index is 0.782. The van der Waals surface area contributed by atoms with Crippen LogP contribution in [0, 0.1) is 6.92 Å². The predicted octanol–water partition coefficient (Wildman–Crippen LogP) is 2.00. The predicted molar refractivity (Wildman–Crippen MR) is 66.2 cm³/mol. The molecule has 5 heteroatoms. The van der Waals surface area contributed by atoms with Crippen LogP contribution in [0.4, 0.5) is 5.69 Å². The third kappa shape index (κ3) is 2.36. The molecule has 4 nitrogen and oxygen atoms in total. The maximum Gasteiger partial charge on any atom is 0.142 e.